The molecule has 3 aromatic rings. The van der Waals surface area contributed by atoms with Crippen molar-refractivity contribution >= 4 is 39.0 Å². The average Bonchev–Trinajstić information content (AvgIpc) is 3.18. The zero-order chi connectivity index (χ0) is 18.4. The summed E-state index contributed by atoms with van der Waals surface area (Å²) in [7, 11) is 0. The Morgan fingerprint density at radius 1 is 1.50 bits per heavy atom. The van der Waals surface area contributed by atoms with Gasteiger partial charge in [-0.3, -0.25) is 4.52 Å². The predicted molar refractivity (Wildman–Crippen MR) is 98.5 cm³/mol. The monoisotopic (exact) mass is 371 g/mol. The molecule has 0 fully saturated rings. The number of thiophene rings is 1. The van der Waals surface area contributed by atoms with Gasteiger partial charge in [0.25, 0.3) is 6.20 Å². The van der Waals surface area contributed by atoms with Crippen LogP contribution in [-0.4, -0.2) is 16.2 Å². The molecule has 0 aliphatic heterocycles. The zero-order valence-electron chi connectivity index (χ0n) is 15.0. The third-order valence-electron chi connectivity index (χ3n) is 4.74. The summed E-state index contributed by atoms with van der Waals surface area (Å²) >= 11 is 1.29. The lowest BCUT2D eigenvalue weighted by molar-refractivity contribution is -0.779. The molecule has 1 aliphatic carbocycles. The van der Waals surface area contributed by atoms with E-state index in [0.717, 1.165) is 35.2 Å². The van der Waals surface area contributed by atoms with E-state index in [1.165, 1.54) is 16.9 Å². The molecule has 7 nitrogen and oxygen atoms in total. The van der Waals surface area contributed by atoms with E-state index < -0.39 is 5.90 Å². The van der Waals surface area contributed by atoms with E-state index >= 15 is 0 Å². The first-order chi connectivity index (χ1) is 12.4. The van der Waals surface area contributed by atoms with Crippen molar-refractivity contribution in [1.29, 1.82) is 0 Å². The summed E-state index contributed by atoms with van der Waals surface area (Å²) in [4.78, 5) is 9.96. The van der Waals surface area contributed by atoms with Gasteiger partial charge in [0.05, 0.1) is 10.6 Å². The first-order valence-corrected chi connectivity index (χ1v) is 9.59. The Balaban J connectivity index is 1.73. The second-order valence-corrected chi connectivity index (χ2v) is 8.17. The number of pyridine rings is 1. The SMILES string of the molecule is CC1CCc2nc3sc(/C([O-])=N/c4c[n+](C(C)C)no4)c(N)c3cc2C1. The van der Waals surface area contributed by atoms with Crippen LogP contribution in [0.2, 0.25) is 0 Å². The van der Waals surface area contributed by atoms with Gasteiger partial charge in [-0.25, -0.2) is 9.98 Å². The number of nitrogens with zero attached hydrogens (tertiary/aromatic N) is 4. The average molecular weight is 371 g/mol. The Morgan fingerprint density at radius 3 is 3.04 bits per heavy atom. The van der Waals surface area contributed by atoms with Crippen molar-refractivity contribution in [3.05, 3.63) is 28.4 Å². The molecule has 3 heterocycles. The van der Waals surface area contributed by atoms with Crippen LogP contribution in [0.1, 0.15) is 49.4 Å². The molecule has 136 valence electrons. The molecule has 0 aromatic carbocycles. The maximum atomic E-state index is 12.6. The van der Waals surface area contributed by atoms with Gasteiger partial charge in [-0.1, -0.05) is 6.92 Å². The van der Waals surface area contributed by atoms with Crippen LogP contribution in [0.25, 0.3) is 10.2 Å². The number of aromatic nitrogens is 3. The van der Waals surface area contributed by atoms with Gasteiger partial charge in [-0.15, -0.1) is 11.3 Å². The van der Waals surface area contributed by atoms with Gasteiger partial charge in [0.2, 0.25) is 5.27 Å². The van der Waals surface area contributed by atoms with Crippen LogP contribution < -0.4 is 15.5 Å². The normalized spacial score (nSPS) is 17.8. The van der Waals surface area contributed by atoms with Gasteiger partial charge in [0.1, 0.15) is 4.83 Å². The lowest BCUT2D eigenvalue weighted by atomic mass is 9.87. The van der Waals surface area contributed by atoms with E-state index in [1.807, 2.05) is 13.8 Å². The van der Waals surface area contributed by atoms with E-state index in [9.17, 15) is 5.11 Å². The summed E-state index contributed by atoms with van der Waals surface area (Å²) in [5, 5.41) is 17.3. The smallest absolute Gasteiger partial charge is 0.320 e. The molecule has 0 spiro atoms. The molecule has 0 saturated heterocycles. The van der Waals surface area contributed by atoms with Gasteiger partial charge >= 0.3 is 5.88 Å². The number of nitrogens with two attached hydrogens (primary N) is 1. The topological polar surface area (TPSA) is 104 Å². The second-order valence-electron chi connectivity index (χ2n) is 7.17. The molecule has 8 heteroatoms. The van der Waals surface area contributed by atoms with E-state index in [2.05, 4.69) is 23.3 Å². The Bertz CT molecular complexity index is 1000. The Labute approximate surface area is 155 Å². The largest absolute Gasteiger partial charge is 0.857 e. The van der Waals surface area contributed by atoms with Crippen molar-refractivity contribution in [2.45, 2.75) is 46.1 Å². The Morgan fingerprint density at radius 2 is 2.31 bits per heavy atom. The minimum atomic E-state index is -0.427. The van der Waals surface area contributed by atoms with E-state index in [0.29, 0.717) is 16.5 Å². The van der Waals surface area contributed by atoms with Crippen molar-refractivity contribution in [3.63, 3.8) is 0 Å². The van der Waals surface area contributed by atoms with Crippen molar-refractivity contribution in [3.8, 4) is 0 Å². The molecule has 1 unspecified atom stereocenters. The van der Waals surface area contributed by atoms with Crippen molar-refractivity contribution in [2.24, 2.45) is 10.9 Å². The maximum absolute atomic E-state index is 12.6. The summed E-state index contributed by atoms with van der Waals surface area (Å²) in [6.45, 7) is 6.18. The highest BCUT2D eigenvalue weighted by Gasteiger charge is 2.20. The van der Waals surface area contributed by atoms with Gasteiger partial charge in [0.15, 0.2) is 6.04 Å². The molecule has 0 radical (unpaired) electrons. The summed E-state index contributed by atoms with van der Waals surface area (Å²) in [6, 6.07) is 2.22. The fourth-order valence-electron chi connectivity index (χ4n) is 3.22. The van der Waals surface area contributed by atoms with Gasteiger partial charge in [0, 0.05) is 17.0 Å². The third-order valence-corrected chi connectivity index (χ3v) is 5.84. The molecule has 4 rings (SSSR count). The molecule has 3 aromatic heterocycles. The number of nitrogen functional groups attached to an aromatic ring is 1. The highest BCUT2D eigenvalue weighted by molar-refractivity contribution is 7.21. The van der Waals surface area contributed by atoms with Crippen LogP contribution in [0.3, 0.4) is 0 Å². The van der Waals surface area contributed by atoms with Crippen LogP contribution in [0, 0.1) is 5.92 Å². The van der Waals surface area contributed by atoms with Crippen LogP contribution >= 0.6 is 11.3 Å². The highest BCUT2D eigenvalue weighted by Crippen LogP contribution is 2.36. The van der Waals surface area contributed by atoms with Crippen molar-refractivity contribution in [1.82, 2.24) is 10.3 Å². The van der Waals surface area contributed by atoms with Gasteiger partial charge in [-0.2, -0.15) is 0 Å². The maximum Gasteiger partial charge on any atom is 0.320 e. The summed E-state index contributed by atoms with van der Waals surface area (Å²) in [5.41, 5.74) is 9.07. The minimum Gasteiger partial charge on any atom is -0.857 e. The lowest BCUT2D eigenvalue weighted by Gasteiger charge is -2.20. The zero-order valence-corrected chi connectivity index (χ0v) is 15.8. The number of hydrogen-bond donors (Lipinski definition) is 1. The van der Waals surface area contributed by atoms with E-state index in [4.69, 9.17) is 15.2 Å². The van der Waals surface area contributed by atoms with E-state index in [-0.39, 0.29) is 11.9 Å². The van der Waals surface area contributed by atoms with Gasteiger partial charge < -0.3 is 10.8 Å². The summed E-state index contributed by atoms with van der Waals surface area (Å²) < 4.78 is 6.71. The number of hydrogen-bond acceptors (Lipinski definition) is 7. The third kappa shape index (κ3) is 2.94. The molecule has 2 N–H and O–H groups in total. The second kappa shape index (κ2) is 6.35. The molecule has 0 bridgehead atoms. The predicted octanol–water partition coefficient (Wildman–Crippen LogP) is 2.30. The molecular weight excluding hydrogens is 350 g/mol. The van der Waals surface area contributed by atoms with Crippen LogP contribution in [0.15, 0.2) is 21.8 Å². The number of aliphatic imine (C=N–C) groups is 1. The lowest BCUT2D eigenvalue weighted by Crippen LogP contribution is -2.36. The quantitative estimate of drug-likeness (QED) is 0.432. The summed E-state index contributed by atoms with van der Waals surface area (Å²) in [5.74, 6) is 0.391. The van der Waals surface area contributed by atoms with Crippen LogP contribution in [0.4, 0.5) is 11.6 Å². The van der Waals surface area contributed by atoms with Crippen LogP contribution in [0.5, 0.6) is 0 Å². The summed E-state index contributed by atoms with van der Waals surface area (Å²) in [6.07, 6.45) is 4.74. The van der Waals surface area contributed by atoms with Crippen LogP contribution in [-0.2, 0) is 12.8 Å². The first-order valence-electron chi connectivity index (χ1n) is 8.77. The number of aryl methyl sites for hydroxylation is 1. The molecule has 0 saturated carbocycles. The Kier molecular flexibility index (Phi) is 4.14. The standard InChI is InChI=1S/C18H21N5O2S/c1-9(2)23-8-14(25-22-23)21-17(24)16-15(19)12-7-11-6-10(3)4-5-13(11)20-18(12)26-16/h7-10H,4-6H2,1-3H3,(H2-,19,21,22,24). The fourth-order valence-corrected chi connectivity index (χ4v) is 4.20. The van der Waals surface area contributed by atoms with Crippen molar-refractivity contribution < 1.29 is 14.3 Å². The number of fused-ring (bicyclic) bond motifs is 2. The highest BCUT2D eigenvalue weighted by atomic mass is 32.1. The van der Waals surface area contributed by atoms with Crippen molar-refractivity contribution in [2.75, 3.05) is 5.73 Å². The molecular formula is C18H21N5O2S. The van der Waals surface area contributed by atoms with E-state index in [1.54, 1.807) is 10.9 Å². The molecule has 0 amide bonds. The number of anilines is 1. The molecule has 26 heavy (non-hydrogen) atoms. The first kappa shape index (κ1) is 17.0. The Hall–Kier alpha value is -2.48. The molecule has 1 aliphatic rings. The number of rotatable bonds is 3. The molecule has 1 atom stereocenters. The minimum absolute atomic E-state index is 0.130. The van der Waals surface area contributed by atoms with Gasteiger partial charge in [-0.05, 0) is 55.3 Å². The fraction of sp³-hybridized carbons (Fsp3) is 0.444.